The van der Waals surface area contributed by atoms with Crippen molar-refractivity contribution >= 4 is 28.0 Å². The zero-order valence-electron chi connectivity index (χ0n) is 12.5. The van der Waals surface area contributed by atoms with Gasteiger partial charge in [-0.15, -0.1) is 11.3 Å². The van der Waals surface area contributed by atoms with Crippen LogP contribution in [0.5, 0.6) is 0 Å². The molecule has 22 heavy (non-hydrogen) atoms. The highest BCUT2D eigenvalue weighted by Crippen LogP contribution is 2.29. The average molecular weight is 312 g/mol. The molecule has 2 aromatic heterocycles. The summed E-state index contributed by atoms with van der Waals surface area (Å²) in [6.45, 7) is 6.28. The number of benzene rings is 1. The Morgan fingerprint density at radius 2 is 2.14 bits per heavy atom. The average Bonchev–Trinajstić information content (AvgIpc) is 2.89. The van der Waals surface area contributed by atoms with Gasteiger partial charge in [-0.05, 0) is 31.0 Å². The summed E-state index contributed by atoms with van der Waals surface area (Å²) in [7, 11) is 0. The minimum Gasteiger partial charge on any atom is -0.422 e. The fraction of sp³-hybridized carbons (Fsp3) is 0.294. The van der Waals surface area contributed by atoms with E-state index in [0.29, 0.717) is 16.2 Å². The summed E-state index contributed by atoms with van der Waals surface area (Å²) in [5.74, 6) is 0.734. The highest BCUT2D eigenvalue weighted by atomic mass is 32.1. The van der Waals surface area contributed by atoms with Gasteiger partial charge in [-0.25, -0.2) is 9.78 Å². The Morgan fingerprint density at radius 1 is 1.32 bits per heavy atom. The van der Waals surface area contributed by atoms with E-state index in [1.807, 2.05) is 30.5 Å². The first kappa shape index (κ1) is 13.5. The highest BCUT2D eigenvalue weighted by Gasteiger charge is 2.23. The second-order valence-corrected chi connectivity index (χ2v) is 6.83. The minimum absolute atomic E-state index is 0.323. The Morgan fingerprint density at radius 3 is 2.82 bits per heavy atom. The normalized spacial score (nSPS) is 15.3. The molecule has 0 radical (unpaired) electrons. The smallest absolute Gasteiger partial charge is 0.346 e. The zero-order chi connectivity index (χ0) is 15.3. The molecule has 4 nitrogen and oxygen atoms in total. The van der Waals surface area contributed by atoms with Crippen molar-refractivity contribution in [1.82, 2.24) is 4.98 Å². The molecule has 3 aromatic rings. The minimum atomic E-state index is -0.323. The molecule has 0 N–H and O–H groups in total. The van der Waals surface area contributed by atoms with Crippen molar-refractivity contribution in [3.05, 3.63) is 45.8 Å². The first-order valence-electron chi connectivity index (χ1n) is 7.35. The predicted octanol–water partition coefficient (Wildman–Crippen LogP) is 3.68. The summed E-state index contributed by atoms with van der Waals surface area (Å²) in [4.78, 5) is 18.9. The second-order valence-electron chi connectivity index (χ2n) is 5.97. The van der Waals surface area contributed by atoms with E-state index in [4.69, 9.17) is 4.42 Å². The van der Waals surface area contributed by atoms with Crippen molar-refractivity contribution in [3.8, 4) is 10.6 Å². The number of nitrogens with zero attached hydrogens (tertiary/aromatic N) is 2. The monoisotopic (exact) mass is 312 g/mol. The number of rotatable bonds is 2. The van der Waals surface area contributed by atoms with Crippen LogP contribution < -0.4 is 10.5 Å². The molecule has 0 unspecified atom stereocenters. The summed E-state index contributed by atoms with van der Waals surface area (Å²) in [6.07, 6.45) is 0. The van der Waals surface area contributed by atoms with Crippen molar-refractivity contribution in [3.63, 3.8) is 0 Å². The van der Waals surface area contributed by atoms with Gasteiger partial charge in [-0.3, -0.25) is 0 Å². The van der Waals surface area contributed by atoms with Crippen LogP contribution in [0.2, 0.25) is 0 Å². The van der Waals surface area contributed by atoms with Gasteiger partial charge >= 0.3 is 5.63 Å². The van der Waals surface area contributed by atoms with E-state index in [9.17, 15) is 4.79 Å². The zero-order valence-corrected chi connectivity index (χ0v) is 13.3. The van der Waals surface area contributed by atoms with Gasteiger partial charge < -0.3 is 9.32 Å². The van der Waals surface area contributed by atoms with Gasteiger partial charge in [0.2, 0.25) is 0 Å². The molecule has 0 spiro atoms. The lowest BCUT2D eigenvalue weighted by Crippen LogP contribution is -2.45. The molecule has 1 aromatic carbocycles. The number of aryl methyl sites for hydroxylation is 1. The van der Waals surface area contributed by atoms with Gasteiger partial charge in [0, 0.05) is 41.3 Å². The Labute approximate surface area is 132 Å². The number of hydrogen-bond donors (Lipinski definition) is 0. The van der Waals surface area contributed by atoms with Crippen LogP contribution in [0.3, 0.4) is 0 Å². The molecular formula is C17H16N2O2S. The summed E-state index contributed by atoms with van der Waals surface area (Å²) in [6, 6.07) is 7.94. The lowest BCUT2D eigenvalue weighted by molar-refractivity contribution is 0.447. The molecule has 1 aliphatic rings. The molecule has 112 valence electrons. The van der Waals surface area contributed by atoms with Gasteiger partial charge in [-0.1, -0.05) is 6.92 Å². The largest absolute Gasteiger partial charge is 0.422 e. The number of thiazole rings is 1. The molecule has 0 atom stereocenters. The summed E-state index contributed by atoms with van der Waals surface area (Å²) >= 11 is 1.47. The van der Waals surface area contributed by atoms with Crippen molar-refractivity contribution in [2.45, 2.75) is 13.8 Å². The van der Waals surface area contributed by atoms with Crippen LogP contribution in [-0.2, 0) is 0 Å². The quantitative estimate of drug-likeness (QED) is 0.677. The second kappa shape index (κ2) is 4.95. The lowest BCUT2D eigenvalue weighted by Gasteiger charge is -2.39. The van der Waals surface area contributed by atoms with Gasteiger partial charge in [0.25, 0.3) is 0 Å². The molecule has 1 fully saturated rings. The summed E-state index contributed by atoms with van der Waals surface area (Å²) in [5, 5.41) is 3.58. The van der Waals surface area contributed by atoms with Crippen LogP contribution in [-0.4, -0.2) is 18.1 Å². The molecule has 0 bridgehead atoms. The fourth-order valence-corrected chi connectivity index (χ4v) is 3.63. The van der Waals surface area contributed by atoms with Crippen LogP contribution in [0.15, 0.2) is 38.9 Å². The lowest BCUT2D eigenvalue weighted by atomic mass is 10.0. The van der Waals surface area contributed by atoms with Gasteiger partial charge in [0.15, 0.2) is 0 Å². The number of hydrogen-bond acceptors (Lipinski definition) is 5. The van der Waals surface area contributed by atoms with Gasteiger partial charge in [0.1, 0.15) is 10.6 Å². The van der Waals surface area contributed by atoms with Crippen LogP contribution in [0, 0.1) is 12.8 Å². The van der Waals surface area contributed by atoms with Crippen molar-refractivity contribution in [1.29, 1.82) is 0 Å². The van der Waals surface area contributed by atoms with Crippen LogP contribution in [0.1, 0.15) is 12.6 Å². The maximum Gasteiger partial charge on any atom is 0.346 e. The number of anilines is 1. The maximum atomic E-state index is 12.2. The summed E-state index contributed by atoms with van der Waals surface area (Å²) < 4.78 is 5.53. The highest BCUT2D eigenvalue weighted by molar-refractivity contribution is 7.13. The Balaban J connectivity index is 1.78. The standard InChI is InChI=1S/C17H16N2O2S/c1-10-7-19(8-10)13-4-3-12-5-14(16-18-11(2)9-22-16)17(20)21-15(12)6-13/h3-6,9-10H,7-8H2,1-2H3. The Hall–Kier alpha value is -2.14. The third kappa shape index (κ3) is 2.22. The van der Waals surface area contributed by atoms with E-state index in [1.54, 1.807) is 0 Å². The molecule has 0 amide bonds. The van der Waals surface area contributed by atoms with Crippen molar-refractivity contribution < 1.29 is 4.42 Å². The number of aromatic nitrogens is 1. The van der Waals surface area contributed by atoms with E-state index in [1.165, 1.54) is 11.3 Å². The van der Waals surface area contributed by atoms with Crippen molar-refractivity contribution in [2.75, 3.05) is 18.0 Å². The molecule has 1 saturated heterocycles. The van der Waals surface area contributed by atoms with Crippen LogP contribution >= 0.6 is 11.3 Å². The molecule has 0 saturated carbocycles. The molecule has 5 heteroatoms. The van der Waals surface area contributed by atoms with E-state index in [-0.39, 0.29) is 5.63 Å². The first-order chi connectivity index (χ1) is 10.6. The Kier molecular flexibility index (Phi) is 3.04. The van der Waals surface area contributed by atoms with Crippen molar-refractivity contribution in [2.24, 2.45) is 5.92 Å². The van der Waals surface area contributed by atoms with Gasteiger partial charge in [-0.2, -0.15) is 0 Å². The fourth-order valence-electron chi connectivity index (χ4n) is 2.83. The van der Waals surface area contributed by atoms with E-state index >= 15 is 0 Å². The van der Waals surface area contributed by atoms with Crippen LogP contribution in [0.4, 0.5) is 5.69 Å². The molecule has 4 rings (SSSR count). The SMILES string of the molecule is Cc1csc(-c2cc3ccc(N4CC(C)C4)cc3oc2=O)n1. The van der Waals surface area contributed by atoms with E-state index in [2.05, 4.69) is 22.9 Å². The molecular weight excluding hydrogens is 296 g/mol. The predicted molar refractivity (Wildman–Crippen MR) is 89.7 cm³/mol. The van der Waals surface area contributed by atoms with Crippen LogP contribution in [0.25, 0.3) is 21.5 Å². The van der Waals surface area contributed by atoms with Gasteiger partial charge in [0.05, 0.1) is 5.56 Å². The Bertz CT molecular complexity index is 906. The van der Waals surface area contributed by atoms with E-state index < -0.39 is 0 Å². The molecule has 3 heterocycles. The van der Waals surface area contributed by atoms with E-state index in [0.717, 1.165) is 35.8 Å². The molecule has 0 aliphatic carbocycles. The number of fused-ring (bicyclic) bond motifs is 1. The first-order valence-corrected chi connectivity index (χ1v) is 8.23. The topological polar surface area (TPSA) is 46.3 Å². The third-order valence-electron chi connectivity index (χ3n) is 4.00. The summed E-state index contributed by atoms with van der Waals surface area (Å²) in [5.41, 5.74) is 2.89. The molecule has 1 aliphatic heterocycles. The maximum absolute atomic E-state index is 12.2. The third-order valence-corrected chi connectivity index (χ3v) is 4.99.